The first-order valence-corrected chi connectivity index (χ1v) is 8.33. The summed E-state index contributed by atoms with van der Waals surface area (Å²) in [4.78, 5) is 11.6. The molecular weight excluding hydrogens is 320 g/mol. The molecule has 0 unspecified atom stereocenters. The first-order chi connectivity index (χ1) is 10.8. The minimum Gasteiger partial charge on any atom is -0.445 e. The summed E-state index contributed by atoms with van der Waals surface area (Å²) >= 11 is 0. The van der Waals surface area contributed by atoms with Crippen molar-refractivity contribution in [1.29, 1.82) is 0 Å². The van der Waals surface area contributed by atoms with Crippen LogP contribution in [-0.4, -0.2) is 24.3 Å². The number of rotatable bonds is 5. The number of nitrogens with zero attached hydrogens (tertiary/aromatic N) is 2. The van der Waals surface area contributed by atoms with Gasteiger partial charge in [-0.3, -0.25) is 4.68 Å². The molecule has 0 aliphatic rings. The van der Waals surface area contributed by atoms with Crippen LogP contribution < -0.4 is 10.5 Å². The predicted octanol–water partition coefficient (Wildman–Crippen LogP) is 0.802. The van der Waals surface area contributed by atoms with Crippen molar-refractivity contribution in [2.45, 2.75) is 25.0 Å². The van der Waals surface area contributed by atoms with Gasteiger partial charge < -0.3 is 10.1 Å². The van der Waals surface area contributed by atoms with Crippen LogP contribution in [0.1, 0.15) is 17.0 Å². The molecule has 0 atom stereocenters. The Morgan fingerprint density at radius 3 is 2.61 bits per heavy atom. The van der Waals surface area contributed by atoms with Crippen molar-refractivity contribution in [1.82, 2.24) is 15.1 Å². The lowest BCUT2D eigenvalue weighted by molar-refractivity contribution is 0.139. The van der Waals surface area contributed by atoms with E-state index in [0.29, 0.717) is 5.69 Å². The Balaban J connectivity index is 1.98. The molecule has 1 heterocycles. The molecule has 1 aromatic heterocycles. The number of sulfonamides is 1. The molecule has 0 bridgehead atoms. The zero-order valence-electron chi connectivity index (χ0n) is 12.8. The van der Waals surface area contributed by atoms with E-state index in [1.54, 1.807) is 14.0 Å². The highest BCUT2D eigenvalue weighted by atomic mass is 32.2. The number of hydrogen-bond acceptors (Lipinski definition) is 5. The maximum Gasteiger partial charge on any atom is 0.407 e. The maximum absolute atomic E-state index is 11.7. The number of carbonyl (C=O) groups is 1. The molecule has 0 saturated carbocycles. The minimum absolute atomic E-state index is 0.0802. The summed E-state index contributed by atoms with van der Waals surface area (Å²) in [6.07, 6.45) is -0.669. The van der Waals surface area contributed by atoms with E-state index in [-0.39, 0.29) is 23.7 Å². The first kappa shape index (κ1) is 17.0. The van der Waals surface area contributed by atoms with Crippen LogP contribution in [0.25, 0.3) is 0 Å². The number of carbonyl (C=O) groups excluding carboxylic acids is 1. The first-order valence-electron chi connectivity index (χ1n) is 6.79. The van der Waals surface area contributed by atoms with Crippen molar-refractivity contribution >= 4 is 16.1 Å². The summed E-state index contributed by atoms with van der Waals surface area (Å²) < 4.78 is 29.7. The number of aryl methyl sites for hydroxylation is 1. The highest BCUT2D eigenvalue weighted by molar-refractivity contribution is 7.89. The highest BCUT2D eigenvalue weighted by Gasteiger charge is 2.22. The van der Waals surface area contributed by atoms with Crippen molar-refractivity contribution in [2.24, 2.45) is 12.2 Å². The Bertz CT molecular complexity index is 800. The molecule has 0 saturated heterocycles. The zero-order chi connectivity index (χ0) is 17.0. The van der Waals surface area contributed by atoms with E-state index >= 15 is 0 Å². The van der Waals surface area contributed by atoms with Gasteiger partial charge in [-0.1, -0.05) is 30.3 Å². The Morgan fingerprint density at radius 2 is 2.00 bits per heavy atom. The Labute approximate surface area is 134 Å². The number of aromatic nitrogens is 2. The standard InChI is InChI=1S/C14H18N4O4S/c1-10-13(23(15,20)21)12(17-18(10)2)8-16-14(19)22-9-11-6-4-3-5-7-11/h3-7H,8-9H2,1-2H3,(H,16,19)(H2,15,20,21). The third kappa shape index (κ3) is 4.30. The summed E-state index contributed by atoms with van der Waals surface area (Å²) in [6, 6.07) is 9.20. The highest BCUT2D eigenvalue weighted by Crippen LogP contribution is 2.17. The fourth-order valence-electron chi connectivity index (χ4n) is 2.07. The molecule has 3 N–H and O–H groups in total. The molecule has 0 fully saturated rings. The normalized spacial score (nSPS) is 11.3. The van der Waals surface area contributed by atoms with Crippen LogP contribution in [0.3, 0.4) is 0 Å². The molecule has 0 radical (unpaired) electrons. The van der Waals surface area contributed by atoms with Gasteiger partial charge in [-0.25, -0.2) is 18.4 Å². The molecule has 2 aromatic rings. The van der Waals surface area contributed by atoms with Gasteiger partial charge in [0, 0.05) is 7.05 Å². The summed E-state index contributed by atoms with van der Waals surface area (Å²) in [5.41, 5.74) is 1.42. The van der Waals surface area contributed by atoms with Gasteiger partial charge in [0.2, 0.25) is 10.0 Å². The smallest absolute Gasteiger partial charge is 0.407 e. The summed E-state index contributed by atoms with van der Waals surface area (Å²) in [6.45, 7) is 1.61. The van der Waals surface area contributed by atoms with E-state index in [1.165, 1.54) is 4.68 Å². The second-order valence-electron chi connectivity index (χ2n) is 4.95. The van der Waals surface area contributed by atoms with Gasteiger partial charge in [0.05, 0.1) is 12.2 Å². The monoisotopic (exact) mass is 338 g/mol. The van der Waals surface area contributed by atoms with Gasteiger partial charge in [-0.15, -0.1) is 0 Å². The van der Waals surface area contributed by atoms with Crippen molar-refractivity contribution in [3.8, 4) is 0 Å². The van der Waals surface area contributed by atoms with Crippen LogP contribution in [0.5, 0.6) is 0 Å². The zero-order valence-corrected chi connectivity index (χ0v) is 13.6. The third-order valence-corrected chi connectivity index (χ3v) is 4.34. The quantitative estimate of drug-likeness (QED) is 0.836. The molecule has 124 valence electrons. The lowest BCUT2D eigenvalue weighted by Gasteiger charge is -2.07. The molecule has 1 amide bonds. The largest absolute Gasteiger partial charge is 0.445 e. The topological polar surface area (TPSA) is 116 Å². The van der Waals surface area contributed by atoms with Gasteiger partial charge in [0.25, 0.3) is 0 Å². The number of primary sulfonamides is 1. The third-order valence-electron chi connectivity index (χ3n) is 3.24. The summed E-state index contributed by atoms with van der Waals surface area (Å²) in [5.74, 6) is 0. The Kier molecular flexibility index (Phi) is 5.02. The molecule has 8 nitrogen and oxygen atoms in total. The molecule has 9 heteroatoms. The van der Waals surface area contributed by atoms with Gasteiger partial charge in [-0.05, 0) is 12.5 Å². The fourth-order valence-corrected chi connectivity index (χ4v) is 3.06. The van der Waals surface area contributed by atoms with Crippen molar-refractivity contribution in [3.05, 3.63) is 47.3 Å². The molecule has 0 aliphatic carbocycles. The van der Waals surface area contributed by atoms with Gasteiger partial charge >= 0.3 is 6.09 Å². The van der Waals surface area contributed by atoms with E-state index in [2.05, 4.69) is 10.4 Å². The van der Waals surface area contributed by atoms with Gasteiger partial charge in [0.1, 0.15) is 17.2 Å². The van der Waals surface area contributed by atoms with Crippen LogP contribution in [0, 0.1) is 6.92 Å². The van der Waals surface area contributed by atoms with E-state index in [4.69, 9.17) is 9.88 Å². The van der Waals surface area contributed by atoms with Crippen molar-refractivity contribution in [3.63, 3.8) is 0 Å². The number of benzene rings is 1. The van der Waals surface area contributed by atoms with Gasteiger partial charge in [0.15, 0.2) is 0 Å². The van der Waals surface area contributed by atoms with Gasteiger partial charge in [-0.2, -0.15) is 5.10 Å². The fraction of sp³-hybridized carbons (Fsp3) is 0.286. The number of nitrogens with two attached hydrogens (primary N) is 1. The average molecular weight is 338 g/mol. The van der Waals surface area contributed by atoms with Crippen LogP contribution >= 0.6 is 0 Å². The average Bonchev–Trinajstić information content (AvgIpc) is 2.79. The molecule has 0 aliphatic heterocycles. The lowest BCUT2D eigenvalue weighted by Crippen LogP contribution is -2.25. The van der Waals surface area contributed by atoms with E-state index in [1.807, 2.05) is 30.3 Å². The predicted molar refractivity (Wildman–Crippen MR) is 82.8 cm³/mol. The van der Waals surface area contributed by atoms with E-state index in [9.17, 15) is 13.2 Å². The van der Waals surface area contributed by atoms with E-state index in [0.717, 1.165) is 5.56 Å². The maximum atomic E-state index is 11.7. The van der Waals surface area contributed by atoms with Crippen molar-refractivity contribution in [2.75, 3.05) is 0 Å². The number of ether oxygens (including phenoxy) is 1. The van der Waals surface area contributed by atoms with E-state index < -0.39 is 16.1 Å². The lowest BCUT2D eigenvalue weighted by atomic mass is 10.2. The molecule has 23 heavy (non-hydrogen) atoms. The van der Waals surface area contributed by atoms with Crippen LogP contribution in [0.4, 0.5) is 4.79 Å². The summed E-state index contributed by atoms with van der Waals surface area (Å²) in [5, 5.41) is 11.7. The Morgan fingerprint density at radius 1 is 1.35 bits per heavy atom. The number of nitrogens with one attached hydrogen (secondary N) is 1. The minimum atomic E-state index is -3.92. The van der Waals surface area contributed by atoms with Crippen LogP contribution in [0.2, 0.25) is 0 Å². The Hall–Kier alpha value is -2.39. The van der Waals surface area contributed by atoms with Crippen molar-refractivity contribution < 1.29 is 17.9 Å². The number of hydrogen-bond donors (Lipinski definition) is 2. The second-order valence-corrected chi connectivity index (χ2v) is 6.44. The van der Waals surface area contributed by atoms with Crippen LogP contribution in [0.15, 0.2) is 35.2 Å². The molecule has 1 aromatic carbocycles. The SMILES string of the molecule is Cc1c(S(N)(=O)=O)c(CNC(=O)OCc2ccccc2)nn1C. The second kappa shape index (κ2) is 6.80. The molecule has 0 spiro atoms. The number of alkyl carbamates (subject to hydrolysis) is 1. The molecule has 2 rings (SSSR count). The summed E-state index contributed by atoms with van der Waals surface area (Å²) in [7, 11) is -2.32. The molecular formula is C14H18N4O4S. The number of amides is 1. The van der Waals surface area contributed by atoms with Crippen LogP contribution in [-0.2, 0) is 35.0 Å².